The first-order chi connectivity index (χ1) is 6.84. The number of hydrogen-bond donors (Lipinski definition) is 0. The molecule has 0 aromatic heterocycles. The molecule has 0 N–H and O–H groups in total. The number of allylic oxidation sites excluding steroid dienone is 2. The summed E-state index contributed by atoms with van der Waals surface area (Å²) in [5.41, 5.74) is 0. The number of rotatable bonds is 2. The Hall–Kier alpha value is -1.01. The van der Waals surface area contributed by atoms with Crippen LogP contribution in [0.3, 0.4) is 0 Å². The van der Waals surface area contributed by atoms with E-state index in [9.17, 15) is 13.2 Å². The van der Waals surface area contributed by atoms with E-state index in [0.717, 1.165) is 0 Å². The summed E-state index contributed by atoms with van der Waals surface area (Å²) in [5.74, 6) is -0.267. The van der Waals surface area contributed by atoms with Gasteiger partial charge in [-0.2, -0.15) is 0 Å². The van der Waals surface area contributed by atoms with Crippen molar-refractivity contribution in [1.29, 1.82) is 0 Å². The second kappa shape index (κ2) is 4.24. The lowest BCUT2D eigenvalue weighted by atomic mass is 10.4. The summed E-state index contributed by atoms with van der Waals surface area (Å²) in [6, 6.07) is 0. The molecule has 7 heteroatoms. The maximum absolute atomic E-state index is 11.2. The molecule has 1 rings (SSSR count). The van der Waals surface area contributed by atoms with Gasteiger partial charge in [-0.25, -0.2) is 8.42 Å². The summed E-state index contributed by atoms with van der Waals surface area (Å²) >= 11 is 0. The van der Waals surface area contributed by atoms with Gasteiger partial charge in [-0.15, -0.1) is 0 Å². The highest BCUT2D eigenvalue weighted by Crippen LogP contribution is 2.21. The van der Waals surface area contributed by atoms with Crippen molar-refractivity contribution in [3.8, 4) is 0 Å². The maximum Gasteiger partial charge on any atom is 0.278 e. The van der Waals surface area contributed by atoms with Crippen molar-refractivity contribution >= 4 is 25.6 Å². The summed E-state index contributed by atoms with van der Waals surface area (Å²) in [6.45, 7) is 1.64. The van der Waals surface area contributed by atoms with Gasteiger partial charge in [0.1, 0.15) is 0 Å². The SMILES string of the molecule is CC(=O)N(C)N1CC=CC=C1S(=O)(=O)Cl. The minimum atomic E-state index is -3.84. The molecular weight excluding hydrogens is 240 g/mol. The molecule has 0 aliphatic carbocycles. The molecule has 1 heterocycles. The lowest BCUT2D eigenvalue weighted by Gasteiger charge is -2.33. The minimum absolute atomic E-state index is 0.0932. The maximum atomic E-state index is 11.2. The Morgan fingerprint density at radius 3 is 2.67 bits per heavy atom. The number of halogens is 1. The molecule has 0 fully saturated rings. The Morgan fingerprint density at radius 2 is 2.20 bits per heavy atom. The Labute approximate surface area is 93.0 Å². The summed E-state index contributed by atoms with van der Waals surface area (Å²) in [6.07, 6.45) is 4.66. The third-order valence-corrected chi connectivity index (χ3v) is 3.30. The Balaban J connectivity index is 3.06. The Morgan fingerprint density at radius 1 is 1.60 bits per heavy atom. The fourth-order valence-corrected chi connectivity index (χ4v) is 2.22. The number of amides is 1. The highest BCUT2D eigenvalue weighted by atomic mass is 35.7. The van der Waals surface area contributed by atoms with Gasteiger partial charge in [0.25, 0.3) is 9.05 Å². The van der Waals surface area contributed by atoms with Crippen LogP contribution in [0.2, 0.25) is 0 Å². The van der Waals surface area contributed by atoms with E-state index in [1.165, 1.54) is 30.1 Å². The quantitative estimate of drug-likeness (QED) is 0.676. The molecule has 0 bridgehead atoms. The van der Waals surface area contributed by atoms with Crippen molar-refractivity contribution in [1.82, 2.24) is 10.0 Å². The van der Waals surface area contributed by atoms with E-state index in [2.05, 4.69) is 0 Å². The Bertz CT molecular complexity index is 427. The number of nitrogens with zero attached hydrogens (tertiary/aromatic N) is 2. The average molecular weight is 251 g/mol. The van der Waals surface area contributed by atoms with Crippen LogP contribution in [-0.4, -0.2) is 37.9 Å². The van der Waals surface area contributed by atoms with Crippen LogP contribution >= 0.6 is 10.7 Å². The average Bonchev–Trinajstić information content (AvgIpc) is 2.15. The molecule has 0 unspecified atom stereocenters. The summed E-state index contributed by atoms with van der Waals surface area (Å²) in [5, 5.41) is 2.41. The van der Waals surface area contributed by atoms with Crippen LogP contribution in [0.4, 0.5) is 0 Å². The van der Waals surface area contributed by atoms with Gasteiger partial charge in [0.05, 0.1) is 6.54 Å². The first-order valence-corrected chi connectivity index (χ1v) is 6.48. The van der Waals surface area contributed by atoms with Crippen LogP contribution in [0.25, 0.3) is 0 Å². The van der Waals surface area contributed by atoms with Crippen LogP contribution in [0.1, 0.15) is 6.92 Å². The predicted molar refractivity (Wildman–Crippen MR) is 57.1 cm³/mol. The molecule has 0 saturated carbocycles. The zero-order valence-electron chi connectivity index (χ0n) is 8.34. The predicted octanol–water partition coefficient (Wildman–Crippen LogP) is 0.662. The molecule has 1 aliphatic rings. The molecule has 0 saturated heterocycles. The molecule has 0 aromatic rings. The smallest absolute Gasteiger partial charge is 0.273 e. The normalized spacial score (nSPS) is 16.2. The number of carbonyl (C=O) groups is 1. The fourth-order valence-electron chi connectivity index (χ4n) is 1.13. The van der Waals surface area contributed by atoms with Crippen molar-refractivity contribution in [3.05, 3.63) is 23.3 Å². The largest absolute Gasteiger partial charge is 0.278 e. The van der Waals surface area contributed by atoms with Gasteiger partial charge in [-0.05, 0) is 6.08 Å². The topological polar surface area (TPSA) is 57.7 Å². The van der Waals surface area contributed by atoms with E-state index in [1.54, 1.807) is 12.2 Å². The van der Waals surface area contributed by atoms with Gasteiger partial charge in [0.15, 0.2) is 5.03 Å². The standard InChI is InChI=1S/C8H11ClN2O3S/c1-7(12)10(2)11-6-4-3-5-8(11)15(9,13)14/h3-5H,6H2,1-2H3. The molecule has 15 heavy (non-hydrogen) atoms. The van der Waals surface area contributed by atoms with E-state index in [-0.39, 0.29) is 10.9 Å². The summed E-state index contributed by atoms with van der Waals surface area (Å²) in [7, 11) is 2.89. The molecule has 1 aliphatic heterocycles. The lowest BCUT2D eigenvalue weighted by molar-refractivity contribution is -0.138. The van der Waals surface area contributed by atoms with Gasteiger partial charge >= 0.3 is 0 Å². The van der Waals surface area contributed by atoms with Crippen molar-refractivity contribution in [2.45, 2.75) is 6.92 Å². The monoisotopic (exact) mass is 250 g/mol. The number of hydrazine groups is 1. The van der Waals surface area contributed by atoms with Crippen molar-refractivity contribution in [2.24, 2.45) is 0 Å². The van der Waals surface area contributed by atoms with E-state index >= 15 is 0 Å². The van der Waals surface area contributed by atoms with E-state index in [1.807, 2.05) is 0 Å². The van der Waals surface area contributed by atoms with E-state index < -0.39 is 9.05 Å². The van der Waals surface area contributed by atoms with Crippen LogP contribution in [0, 0.1) is 0 Å². The van der Waals surface area contributed by atoms with Crippen LogP contribution in [0.5, 0.6) is 0 Å². The molecule has 0 radical (unpaired) electrons. The zero-order valence-corrected chi connectivity index (χ0v) is 9.92. The molecule has 0 spiro atoms. The minimum Gasteiger partial charge on any atom is -0.273 e. The van der Waals surface area contributed by atoms with Gasteiger partial charge in [0, 0.05) is 24.7 Å². The van der Waals surface area contributed by atoms with Gasteiger partial charge in [-0.1, -0.05) is 12.2 Å². The van der Waals surface area contributed by atoms with Crippen LogP contribution < -0.4 is 0 Å². The molecule has 0 atom stereocenters. The molecular formula is C8H11ClN2O3S. The van der Waals surface area contributed by atoms with Crippen LogP contribution in [-0.2, 0) is 13.8 Å². The molecule has 0 aromatic carbocycles. The molecule has 5 nitrogen and oxygen atoms in total. The number of hydrogen-bond acceptors (Lipinski definition) is 4. The van der Waals surface area contributed by atoms with E-state index in [4.69, 9.17) is 10.7 Å². The Kier molecular flexibility index (Phi) is 3.41. The zero-order chi connectivity index (χ0) is 11.6. The first-order valence-electron chi connectivity index (χ1n) is 4.17. The highest BCUT2D eigenvalue weighted by molar-refractivity contribution is 8.16. The van der Waals surface area contributed by atoms with Gasteiger partial charge in [-0.3, -0.25) is 14.8 Å². The van der Waals surface area contributed by atoms with Crippen molar-refractivity contribution in [2.75, 3.05) is 13.6 Å². The molecule has 84 valence electrons. The summed E-state index contributed by atoms with van der Waals surface area (Å²) < 4.78 is 22.4. The van der Waals surface area contributed by atoms with Gasteiger partial charge in [0.2, 0.25) is 5.91 Å². The van der Waals surface area contributed by atoms with Crippen LogP contribution in [0.15, 0.2) is 23.3 Å². The second-order valence-corrected chi connectivity index (χ2v) is 5.51. The highest BCUT2D eigenvalue weighted by Gasteiger charge is 2.26. The lowest BCUT2D eigenvalue weighted by Crippen LogP contribution is -2.44. The summed E-state index contributed by atoms with van der Waals surface area (Å²) in [4.78, 5) is 11.1. The number of carbonyl (C=O) groups excluding carboxylic acids is 1. The first kappa shape index (κ1) is 12.1. The van der Waals surface area contributed by atoms with Crippen molar-refractivity contribution in [3.63, 3.8) is 0 Å². The third kappa shape index (κ3) is 2.73. The van der Waals surface area contributed by atoms with Gasteiger partial charge < -0.3 is 0 Å². The second-order valence-electron chi connectivity index (χ2n) is 3.00. The van der Waals surface area contributed by atoms with E-state index in [0.29, 0.717) is 6.54 Å². The fraction of sp³-hybridized carbons (Fsp3) is 0.375. The third-order valence-electron chi connectivity index (χ3n) is 1.98. The molecule has 1 amide bonds. The van der Waals surface area contributed by atoms with Crippen molar-refractivity contribution < 1.29 is 13.2 Å².